The summed E-state index contributed by atoms with van der Waals surface area (Å²) in [6.07, 6.45) is -0.226. The molecule has 1 amide bonds. The lowest BCUT2D eigenvalue weighted by Gasteiger charge is -2.39. The maximum atomic E-state index is 11.5. The zero-order valence-corrected chi connectivity index (χ0v) is 10.3. The molecule has 1 aliphatic heterocycles. The Morgan fingerprint density at radius 2 is 1.94 bits per heavy atom. The molecule has 0 aromatic heterocycles. The fourth-order valence-electron chi connectivity index (χ4n) is 1.51. The quantitative estimate of drug-likeness (QED) is 0.419. The second kappa shape index (κ2) is 5.16. The van der Waals surface area contributed by atoms with E-state index in [4.69, 9.17) is 4.74 Å². The first-order chi connectivity index (χ1) is 7.81. The fourth-order valence-corrected chi connectivity index (χ4v) is 1.51. The highest BCUT2D eigenvalue weighted by atomic mass is 16.6. The predicted octanol–water partition coefficient (Wildman–Crippen LogP) is 0.943. The summed E-state index contributed by atoms with van der Waals surface area (Å²) in [5.41, 5.74) is -0.515. The molecule has 0 spiro atoms. The van der Waals surface area contributed by atoms with Crippen LogP contribution < -0.4 is 0 Å². The van der Waals surface area contributed by atoms with Crippen molar-refractivity contribution in [1.29, 1.82) is 0 Å². The van der Waals surface area contributed by atoms with E-state index in [1.807, 2.05) is 0 Å². The van der Waals surface area contributed by atoms with Crippen molar-refractivity contribution in [2.45, 2.75) is 32.8 Å². The molecule has 0 saturated carbocycles. The molecule has 96 valence electrons. The molecule has 1 heterocycles. The van der Waals surface area contributed by atoms with Crippen molar-refractivity contribution in [2.75, 3.05) is 13.1 Å². The van der Waals surface area contributed by atoms with Crippen LogP contribution in [0.5, 0.6) is 0 Å². The predicted molar refractivity (Wildman–Crippen MR) is 58.1 cm³/mol. The highest BCUT2D eigenvalue weighted by Crippen LogP contribution is 2.22. The smallest absolute Gasteiger partial charge is 0.410 e. The number of likely N-dealkylation sites (tertiary alicyclic amines) is 1. The average molecular weight is 243 g/mol. The Hall–Kier alpha value is -1.59. The van der Waals surface area contributed by atoms with Gasteiger partial charge in [0.1, 0.15) is 5.60 Å². The topological polar surface area (TPSA) is 72.9 Å². The standard InChI is InChI=1S/C11H17NO5/c1-11(2,3)17-10(15)12-5-8(6-12)4-9(14)16-7-13/h7-8H,4-6H2,1-3H3. The second-order valence-corrected chi connectivity index (χ2v) is 5.04. The van der Waals surface area contributed by atoms with Gasteiger partial charge >= 0.3 is 18.5 Å². The van der Waals surface area contributed by atoms with E-state index in [-0.39, 0.29) is 24.9 Å². The molecule has 1 rings (SSSR count). The molecule has 0 N–H and O–H groups in total. The van der Waals surface area contributed by atoms with Crippen LogP contribution in [0, 0.1) is 5.92 Å². The summed E-state index contributed by atoms with van der Waals surface area (Å²) in [6.45, 7) is 6.43. The van der Waals surface area contributed by atoms with E-state index in [9.17, 15) is 14.4 Å². The van der Waals surface area contributed by atoms with Crippen LogP contribution >= 0.6 is 0 Å². The second-order valence-electron chi connectivity index (χ2n) is 5.04. The van der Waals surface area contributed by atoms with Crippen molar-refractivity contribution in [3.8, 4) is 0 Å². The van der Waals surface area contributed by atoms with Gasteiger partial charge in [0.25, 0.3) is 0 Å². The fraction of sp³-hybridized carbons (Fsp3) is 0.727. The summed E-state index contributed by atoms with van der Waals surface area (Å²) in [5.74, 6) is -0.510. The Kier molecular flexibility index (Phi) is 4.09. The molecule has 6 heteroatoms. The van der Waals surface area contributed by atoms with Crippen molar-refractivity contribution in [2.24, 2.45) is 5.92 Å². The van der Waals surface area contributed by atoms with Crippen molar-refractivity contribution in [3.63, 3.8) is 0 Å². The number of ether oxygens (including phenoxy) is 2. The van der Waals surface area contributed by atoms with Gasteiger partial charge in [-0.05, 0) is 20.8 Å². The molecule has 1 aliphatic rings. The maximum absolute atomic E-state index is 11.5. The Labute approximate surface area is 99.9 Å². The number of hydrogen-bond donors (Lipinski definition) is 0. The molecular formula is C11H17NO5. The number of rotatable bonds is 3. The Morgan fingerprint density at radius 3 is 2.41 bits per heavy atom. The van der Waals surface area contributed by atoms with Crippen molar-refractivity contribution in [1.82, 2.24) is 4.90 Å². The van der Waals surface area contributed by atoms with Gasteiger partial charge < -0.3 is 14.4 Å². The van der Waals surface area contributed by atoms with E-state index in [1.54, 1.807) is 20.8 Å². The largest absolute Gasteiger partial charge is 0.444 e. The van der Waals surface area contributed by atoms with E-state index >= 15 is 0 Å². The Balaban J connectivity index is 2.25. The molecule has 0 bridgehead atoms. The third-order valence-electron chi connectivity index (χ3n) is 2.24. The first-order valence-corrected chi connectivity index (χ1v) is 5.43. The van der Waals surface area contributed by atoms with Crippen LogP contribution in [-0.2, 0) is 19.1 Å². The zero-order chi connectivity index (χ0) is 13.1. The summed E-state index contributed by atoms with van der Waals surface area (Å²) >= 11 is 0. The molecule has 0 atom stereocenters. The highest BCUT2D eigenvalue weighted by Gasteiger charge is 2.34. The molecule has 0 aromatic carbocycles. The summed E-state index contributed by atoms with van der Waals surface area (Å²) in [7, 11) is 0. The maximum Gasteiger partial charge on any atom is 0.410 e. The lowest BCUT2D eigenvalue weighted by Crippen LogP contribution is -2.52. The van der Waals surface area contributed by atoms with Gasteiger partial charge in [0.05, 0.1) is 6.42 Å². The molecule has 6 nitrogen and oxygen atoms in total. The minimum absolute atomic E-state index is 0.0509. The van der Waals surface area contributed by atoms with Crippen LogP contribution in [0.2, 0.25) is 0 Å². The van der Waals surface area contributed by atoms with E-state index in [1.165, 1.54) is 4.90 Å². The molecular weight excluding hydrogens is 226 g/mol. The zero-order valence-electron chi connectivity index (χ0n) is 10.3. The van der Waals surface area contributed by atoms with E-state index in [0.29, 0.717) is 13.1 Å². The van der Waals surface area contributed by atoms with Gasteiger partial charge in [-0.15, -0.1) is 0 Å². The number of hydrogen-bond acceptors (Lipinski definition) is 5. The van der Waals surface area contributed by atoms with Gasteiger partial charge in [0.2, 0.25) is 0 Å². The number of carbonyl (C=O) groups excluding carboxylic acids is 3. The molecule has 17 heavy (non-hydrogen) atoms. The number of amides is 1. The van der Waals surface area contributed by atoms with Crippen LogP contribution in [0.1, 0.15) is 27.2 Å². The normalized spacial score (nSPS) is 16.1. The summed E-state index contributed by atoms with van der Waals surface area (Å²) in [4.78, 5) is 33.9. The van der Waals surface area contributed by atoms with Gasteiger partial charge in [-0.2, -0.15) is 0 Å². The minimum atomic E-state index is -0.561. The van der Waals surface area contributed by atoms with E-state index in [0.717, 1.165) is 0 Å². The number of nitrogens with zero attached hydrogens (tertiary/aromatic N) is 1. The molecule has 0 radical (unpaired) electrons. The van der Waals surface area contributed by atoms with Crippen LogP contribution in [0.25, 0.3) is 0 Å². The van der Waals surface area contributed by atoms with Crippen LogP contribution in [0.15, 0.2) is 0 Å². The lowest BCUT2D eigenvalue weighted by atomic mass is 9.97. The SMILES string of the molecule is CC(C)(C)OC(=O)N1CC(CC(=O)OC=O)C1. The summed E-state index contributed by atoms with van der Waals surface area (Å²) in [6, 6.07) is 0. The van der Waals surface area contributed by atoms with Crippen LogP contribution in [0.3, 0.4) is 0 Å². The van der Waals surface area contributed by atoms with Gasteiger partial charge in [0, 0.05) is 19.0 Å². The van der Waals surface area contributed by atoms with E-state index in [2.05, 4.69) is 4.74 Å². The molecule has 0 aromatic rings. The minimum Gasteiger partial charge on any atom is -0.444 e. The summed E-state index contributed by atoms with van der Waals surface area (Å²) < 4.78 is 9.33. The first kappa shape index (κ1) is 13.5. The van der Waals surface area contributed by atoms with Gasteiger partial charge in [-0.25, -0.2) is 4.79 Å². The van der Waals surface area contributed by atoms with E-state index < -0.39 is 11.6 Å². The lowest BCUT2D eigenvalue weighted by molar-refractivity contribution is -0.153. The van der Waals surface area contributed by atoms with Crippen molar-refractivity contribution in [3.05, 3.63) is 0 Å². The molecule has 0 unspecified atom stereocenters. The van der Waals surface area contributed by atoms with Gasteiger partial charge in [-0.1, -0.05) is 0 Å². The molecule has 1 fully saturated rings. The number of carbonyl (C=O) groups is 3. The number of esters is 1. The Bertz CT molecular complexity index is 314. The average Bonchev–Trinajstić information content (AvgIpc) is 2.07. The van der Waals surface area contributed by atoms with Gasteiger partial charge in [0.15, 0.2) is 0 Å². The molecule has 1 saturated heterocycles. The van der Waals surface area contributed by atoms with Crippen LogP contribution in [0.4, 0.5) is 4.79 Å². The third-order valence-corrected chi connectivity index (χ3v) is 2.24. The van der Waals surface area contributed by atoms with Gasteiger partial charge in [-0.3, -0.25) is 9.59 Å². The first-order valence-electron chi connectivity index (χ1n) is 5.43. The van der Waals surface area contributed by atoms with Crippen molar-refractivity contribution < 1.29 is 23.9 Å². The van der Waals surface area contributed by atoms with Crippen LogP contribution in [-0.4, -0.2) is 42.1 Å². The Morgan fingerprint density at radius 1 is 1.35 bits per heavy atom. The third kappa shape index (κ3) is 4.42. The monoisotopic (exact) mass is 243 g/mol. The highest BCUT2D eigenvalue weighted by molar-refractivity contribution is 5.77. The molecule has 0 aliphatic carbocycles. The van der Waals surface area contributed by atoms with Crippen molar-refractivity contribution >= 4 is 18.5 Å². The summed E-state index contributed by atoms with van der Waals surface area (Å²) in [5, 5.41) is 0.